The molecule has 0 fully saturated rings. The lowest BCUT2D eigenvalue weighted by atomic mass is 9.99. The molecular formula is C16H21FN2. The van der Waals surface area contributed by atoms with Gasteiger partial charge in [-0.1, -0.05) is 13.3 Å². The molecule has 2 nitrogen and oxygen atoms in total. The molecule has 3 rings (SSSR count). The van der Waals surface area contributed by atoms with Crippen LogP contribution in [-0.4, -0.2) is 11.5 Å². The Morgan fingerprint density at radius 1 is 1.37 bits per heavy atom. The molecule has 0 saturated carbocycles. The number of hydrogen-bond donors (Lipinski definition) is 2. The molecule has 2 aromatic rings. The minimum Gasteiger partial charge on any atom is -0.358 e. The highest BCUT2D eigenvalue weighted by atomic mass is 19.1. The Morgan fingerprint density at radius 2 is 2.21 bits per heavy atom. The summed E-state index contributed by atoms with van der Waals surface area (Å²) in [4.78, 5) is 3.53. The summed E-state index contributed by atoms with van der Waals surface area (Å²) in [6.07, 6.45) is 4.66. The number of aromatic nitrogens is 1. The number of fused-ring (bicyclic) bond motifs is 3. The van der Waals surface area contributed by atoms with Crippen molar-refractivity contribution in [1.82, 2.24) is 10.3 Å². The van der Waals surface area contributed by atoms with Crippen LogP contribution in [-0.2, 0) is 6.42 Å². The van der Waals surface area contributed by atoms with Gasteiger partial charge < -0.3 is 10.3 Å². The second kappa shape index (κ2) is 4.97. The third-order valence-corrected chi connectivity index (χ3v) is 4.16. The fourth-order valence-electron chi connectivity index (χ4n) is 3.34. The van der Waals surface area contributed by atoms with Crippen LogP contribution in [0, 0.1) is 12.7 Å². The summed E-state index contributed by atoms with van der Waals surface area (Å²) < 4.78 is 13.7. The fourth-order valence-corrected chi connectivity index (χ4v) is 3.34. The summed E-state index contributed by atoms with van der Waals surface area (Å²) in [6.45, 7) is 5.06. The lowest BCUT2D eigenvalue weighted by Crippen LogP contribution is -2.20. The van der Waals surface area contributed by atoms with E-state index in [-0.39, 0.29) is 5.82 Å². The molecule has 1 aliphatic carbocycles. The number of benzene rings is 1. The zero-order chi connectivity index (χ0) is 13.4. The Labute approximate surface area is 113 Å². The van der Waals surface area contributed by atoms with Crippen molar-refractivity contribution in [3.63, 3.8) is 0 Å². The molecule has 0 amide bonds. The van der Waals surface area contributed by atoms with Crippen LogP contribution in [0.5, 0.6) is 0 Å². The Hall–Kier alpha value is -1.35. The van der Waals surface area contributed by atoms with E-state index in [1.165, 1.54) is 24.1 Å². The van der Waals surface area contributed by atoms with E-state index >= 15 is 0 Å². The molecule has 1 atom stereocenters. The van der Waals surface area contributed by atoms with E-state index in [1.54, 1.807) is 12.1 Å². The number of nitrogens with one attached hydrogen (secondary N) is 2. The van der Waals surface area contributed by atoms with Crippen molar-refractivity contribution < 1.29 is 4.39 Å². The molecular weight excluding hydrogens is 239 g/mol. The van der Waals surface area contributed by atoms with Crippen LogP contribution in [0.3, 0.4) is 0 Å². The summed E-state index contributed by atoms with van der Waals surface area (Å²) in [5, 5.41) is 4.63. The van der Waals surface area contributed by atoms with Gasteiger partial charge in [0.05, 0.1) is 0 Å². The summed E-state index contributed by atoms with van der Waals surface area (Å²) in [7, 11) is 0. The van der Waals surface area contributed by atoms with Gasteiger partial charge in [-0.15, -0.1) is 0 Å². The van der Waals surface area contributed by atoms with Crippen molar-refractivity contribution in [2.45, 2.75) is 45.6 Å². The zero-order valence-electron chi connectivity index (χ0n) is 11.6. The molecule has 0 spiro atoms. The second-order valence-corrected chi connectivity index (χ2v) is 5.52. The smallest absolute Gasteiger partial charge is 0.124 e. The van der Waals surface area contributed by atoms with Crippen LogP contribution in [0.2, 0.25) is 0 Å². The molecule has 0 saturated heterocycles. The van der Waals surface area contributed by atoms with Crippen LogP contribution in [0.15, 0.2) is 12.1 Å². The standard InChI is InChI=1S/C16H21FN2/c1-3-18-13-6-4-5-7-14-15(13)12-9-11(17)8-10(2)16(12)19-14/h8-9,13,18-19H,3-7H2,1-2H3. The van der Waals surface area contributed by atoms with Gasteiger partial charge in [0.15, 0.2) is 0 Å². The van der Waals surface area contributed by atoms with Crippen LogP contribution < -0.4 is 5.32 Å². The summed E-state index contributed by atoms with van der Waals surface area (Å²) >= 11 is 0. The molecule has 1 aromatic heterocycles. The van der Waals surface area contributed by atoms with Crippen LogP contribution in [0.1, 0.15) is 49.0 Å². The maximum atomic E-state index is 13.7. The molecule has 19 heavy (non-hydrogen) atoms. The topological polar surface area (TPSA) is 27.8 Å². The van der Waals surface area contributed by atoms with E-state index in [4.69, 9.17) is 0 Å². The number of halogens is 1. The number of hydrogen-bond acceptors (Lipinski definition) is 1. The van der Waals surface area contributed by atoms with Crippen LogP contribution in [0.4, 0.5) is 4.39 Å². The normalized spacial score (nSPS) is 19.4. The van der Waals surface area contributed by atoms with Gasteiger partial charge in [-0.3, -0.25) is 0 Å². The Kier molecular flexibility index (Phi) is 3.31. The lowest BCUT2D eigenvalue weighted by Gasteiger charge is -2.16. The van der Waals surface area contributed by atoms with E-state index in [0.717, 1.165) is 35.9 Å². The third kappa shape index (κ3) is 2.16. The highest BCUT2D eigenvalue weighted by Gasteiger charge is 2.23. The largest absolute Gasteiger partial charge is 0.358 e. The van der Waals surface area contributed by atoms with Gasteiger partial charge in [-0.2, -0.15) is 0 Å². The minimum atomic E-state index is -0.133. The summed E-state index contributed by atoms with van der Waals surface area (Å²) in [5.41, 5.74) is 4.71. The maximum absolute atomic E-state index is 13.7. The molecule has 1 heterocycles. The predicted octanol–water partition coefficient (Wildman–Crippen LogP) is 3.99. The van der Waals surface area contributed by atoms with Crippen molar-refractivity contribution in [2.24, 2.45) is 0 Å². The number of aromatic amines is 1. The van der Waals surface area contributed by atoms with Crippen LogP contribution >= 0.6 is 0 Å². The molecule has 1 aliphatic rings. The first kappa shape index (κ1) is 12.7. The van der Waals surface area contributed by atoms with Crippen molar-refractivity contribution in [3.05, 3.63) is 34.8 Å². The summed E-state index contributed by atoms with van der Waals surface area (Å²) in [6, 6.07) is 3.66. The van der Waals surface area contributed by atoms with Gasteiger partial charge in [0.25, 0.3) is 0 Å². The lowest BCUT2D eigenvalue weighted by molar-refractivity contribution is 0.506. The van der Waals surface area contributed by atoms with E-state index < -0.39 is 0 Å². The molecule has 2 N–H and O–H groups in total. The maximum Gasteiger partial charge on any atom is 0.124 e. The number of H-pyrrole nitrogens is 1. The molecule has 0 radical (unpaired) electrons. The van der Waals surface area contributed by atoms with Crippen molar-refractivity contribution >= 4 is 10.9 Å². The first-order valence-electron chi connectivity index (χ1n) is 7.24. The van der Waals surface area contributed by atoms with Crippen molar-refractivity contribution in [2.75, 3.05) is 6.54 Å². The fraction of sp³-hybridized carbons (Fsp3) is 0.500. The average Bonchev–Trinajstić information content (AvgIpc) is 2.60. The zero-order valence-corrected chi connectivity index (χ0v) is 11.6. The molecule has 0 bridgehead atoms. The van der Waals surface area contributed by atoms with Gasteiger partial charge in [0.2, 0.25) is 0 Å². The van der Waals surface area contributed by atoms with Gasteiger partial charge in [0.1, 0.15) is 5.82 Å². The summed E-state index contributed by atoms with van der Waals surface area (Å²) in [5.74, 6) is -0.133. The van der Waals surface area contributed by atoms with E-state index in [9.17, 15) is 4.39 Å². The van der Waals surface area contributed by atoms with Gasteiger partial charge in [0, 0.05) is 22.6 Å². The van der Waals surface area contributed by atoms with E-state index in [1.807, 2.05) is 6.92 Å². The highest BCUT2D eigenvalue weighted by molar-refractivity contribution is 5.88. The van der Waals surface area contributed by atoms with E-state index in [0.29, 0.717) is 6.04 Å². The molecule has 1 unspecified atom stereocenters. The van der Waals surface area contributed by atoms with Gasteiger partial charge in [-0.25, -0.2) is 4.39 Å². The first-order chi connectivity index (χ1) is 9.20. The van der Waals surface area contributed by atoms with E-state index in [2.05, 4.69) is 17.2 Å². The Morgan fingerprint density at radius 3 is 3.00 bits per heavy atom. The monoisotopic (exact) mass is 260 g/mol. The van der Waals surface area contributed by atoms with Crippen molar-refractivity contribution in [3.8, 4) is 0 Å². The molecule has 3 heteroatoms. The first-order valence-corrected chi connectivity index (χ1v) is 7.24. The quantitative estimate of drug-likeness (QED) is 0.785. The molecule has 1 aromatic carbocycles. The second-order valence-electron chi connectivity index (χ2n) is 5.52. The van der Waals surface area contributed by atoms with Gasteiger partial charge >= 0.3 is 0 Å². The van der Waals surface area contributed by atoms with Crippen LogP contribution in [0.25, 0.3) is 10.9 Å². The Balaban J connectivity index is 2.23. The third-order valence-electron chi connectivity index (χ3n) is 4.16. The van der Waals surface area contributed by atoms with Gasteiger partial charge in [-0.05, 0) is 56.0 Å². The number of rotatable bonds is 2. The number of aryl methyl sites for hydroxylation is 2. The highest BCUT2D eigenvalue weighted by Crippen LogP contribution is 2.36. The van der Waals surface area contributed by atoms with Crippen molar-refractivity contribution in [1.29, 1.82) is 0 Å². The minimum absolute atomic E-state index is 0.133. The average molecular weight is 260 g/mol. The SMILES string of the molecule is CCNC1CCCCc2[nH]c3c(C)cc(F)cc3c21. The predicted molar refractivity (Wildman–Crippen MR) is 77.0 cm³/mol. The molecule has 102 valence electrons. The Bertz CT molecular complexity index is 600. The molecule has 0 aliphatic heterocycles.